The number of nitrogens with zero attached hydrogens (tertiary/aromatic N) is 2. The molecular weight excluding hydrogens is 477 g/mol. The second kappa shape index (κ2) is 8.21. The van der Waals surface area contributed by atoms with Crippen LogP contribution in [0.15, 0.2) is 28.9 Å². The fraction of sp³-hybridized carbons (Fsp3) is 0.348. The molecule has 0 unspecified atom stereocenters. The predicted octanol–water partition coefficient (Wildman–Crippen LogP) is 5.18. The minimum absolute atomic E-state index is 0.0251. The van der Waals surface area contributed by atoms with Crippen molar-refractivity contribution in [1.82, 2.24) is 15.0 Å². The molecule has 0 aliphatic carbocycles. The Bertz CT molecular complexity index is 1370. The lowest BCUT2D eigenvalue weighted by Gasteiger charge is -2.29. The Labute approximate surface area is 195 Å². The summed E-state index contributed by atoms with van der Waals surface area (Å²) in [4.78, 5) is 30.0. The summed E-state index contributed by atoms with van der Waals surface area (Å²) < 4.78 is 78.4. The van der Waals surface area contributed by atoms with E-state index in [2.05, 4.69) is 10.1 Å². The Hall–Kier alpha value is -3.70. The Morgan fingerprint density at radius 1 is 1.20 bits per heavy atom. The van der Waals surface area contributed by atoms with Crippen LogP contribution in [0.5, 0.6) is 0 Å². The predicted molar refractivity (Wildman–Crippen MR) is 113 cm³/mol. The molecular formula is C23H20F5N3O4. The van der Waals surface area contributed by atoms with Gasteiger partial charge in [0, 0.05) is 23.7 Å². The summed E-state index contributed by atoms with van der Waals surface area (Å²) in [6.45, 7) is 6.09. The molecule has 1 aromatic carbocycles. The van der Waals surface area contributed by atoms with Gasteiger partial charge in [0.05, 0.1) is 22.8 Å². The number of nitrogens with one attached hydrogen (secondary N) is 1. The van der Waals surface area contributed by atoms with Crippen LogP contribution >= 0.6 is 0 Å². The lowest BCUT2D eigenvalue weighted by Crippen LogP contribution is -2.37. The minimum atomic E-state index is -4.85. The highest BCUT2D eigenvalue weighted by atomic mass is 19.4. The van der Waals surface area contributed by atoms with Crippen LogP contribution in [0.4, 0.5) is 22.0 Å². The molecule has 0 saturated heterocycles. The number of esters is 1. The molecule has 1 aliphatic heterocycles. The van der Waals surface area contributed by atoms with Crippen LogP contribution < -0.4 is 0 Å². The largest absolute Gasteiger partial charge is 0.459 e. The lowest BCUT2D eigenvalue weighted by atomic mass is 9.81. The summed E-state index contributed by atoms with van der Waals surface area (Å²) >= 11 is 0. The second-order valence-corrected chi connectivity index (χ2v) is 9.05. The third-order valence-corrected chi connectivity index (χ3v) is 5.49. The van der Waals surface area contributed by atoms with Gasteiger partial charge in [-0.15, -0.1) is 0 Å². The quantitative estimate of drug-likeness (QED) is 0.398. The number of carbonyl (C=O) groups excluding carboxylic acids is 2. The van der Waals surface area contributed by atoms with E-state index in [1.807, 2.05) is 0 Å². The van der Waals surface area contributed by atoms with Gasteiger partial charge < -0.3 is 19.1 Å². The maximum atomic E-state index is 13.8. The van der Waals surface area contributed by atoms with Crippen LogP contribution in [-0.2, 0) is 21.1 Å². The first-order valence-corrected chi connectivity index (χ1v) is 10.5. The fourth-order valence-corrected chi connectivity index (χ4v) is 4.11. The van der Waals surface area contributed by atoms with E-state index < -0.39 is 46.9 Å². The van der Waals surface area contributed by atoms with Crippen molar-refractivity contribution >= 4 is 28.5 Å². The Kier molecular flexibility index (Phi) is 5.73. The topological polar surface area (TPSA) is 88.4 Å². The average molecular weight is 497 g/mol. The van der Waals surface area contributed by atoms with E-state index >= 15 is 0 Å². The van der Waals surface area contributed by atoms with Gasteiger partial charge in [0.15, 0.2) is 17.3 Å². The Morgan fingerprint density at radius 2 is 1.89 bits per heavy atom. The number of halogens is 5. The Morgan fingerprint density at radius 3 is 2.49 bits per heavy atom. The van der Waals surface area contributed by atoms with Crippen LogP contribution in [-0.4, -0.2) is 39.6 Å². The van der Waals surface area contributed by atoms with Crippen molar-refractivity contribution < 1.29 is 40.8 Å². The first-order valence-electron chi connectivity index (χ1n) is 10.5. The summed E-state index contributed by atoms with van der Waals surface area (Å²) in [7, 11) is 0. The van der Waals surface area contributed by atoms with Crippen molar-refractivity contribution in [3.8, 4) is 0 Å². The minimum Gasteiger partial charge on any atom is -0.459 e. The number of aromatic amines is 1. The highest BCUT2D eigenvalue weighted by Crippen LogP contribution is 2.45. The molecule has 0 atom stereocenters. The van der Waals surface area contributed by atoms with Gasteiger partial charge in [0.2, 0.25) is 5.71 Å². The van der Waals surface area contributed by atoms with Gasteiger partial charge in [0.1, 0.15) is 0 Å². The van der Waals surface area contributed by atoms with E-state index in [1.165, 1.54) is 0 Å². The van der Waals surface area contributed by atoms with Crippen LogP contribution in [0.1, 0.15) is 55.0 Å². The maximum Gasteiger partial charge on any atom is 0.437 e. The second-order valence-electron chi connectivity index (χ2n) is 9.05. The molecule has 0 fully saturated rings. The number of H-pyrrole nitrogens is 1. The first-order chi connectivity index (χ1) is 16.2. The zero-order valence-electron chi connectivity index (χ0n) is 19.0. The van der Waals surface area contributed by atoms with Gasteiger partial charge in [0.25, 0.3) is 5.91 Å². The van der Waals surface area contributed by atoms with Crippen molar-refractivity contribution in [3.63, 3.8) is 0 Å². The first kappa shape index (κ1) is 24.4. The number of amides is 1. The van der Waals surface area contributed by atoms with Crippen molar-refractivity contribution in [3.05, 3.63) is 58.5 Å². The standard InChI is InChI=1S/C23H20F5N3O4/c1-10(2)34-21(33)12-8-31(20(32)11-5-6-13(24)14(25)7-11)9-22(3,4)16-15-18(23(26,27)28)30-35-19(15)29-17(12)16/h5-8,10,29H,9H2,1-4H3. The Balaban J connectivity index is 1.93. The number of fused-ring (bicyclic) bond motifs is 3. The molecule has 0 bridgehead atoms. The third kappa shape index (κ3) is 4.28. The molecule has 2 aromatic heterocycles. The van der Waals surface area contributed by atoms with Gasteiger partial charge in [-0.3, -0.25) is 4.79 Å². The number of hydrogen-bond donors (Lipinski definition) is 1. The van der Waals surface area contributed by atoms with E-state index in [4.69, 9.17) is 9.26 Å². The maximum absolute atomic E-state index is 13.8. The van der Waals surface area contributed by atoms with Gasteiger partial charge in [-0.05, 0) is 37.6 Å². The molecule has 0 radical (unpaired) electrons. The monoisotopic (exact) mass is 497 g/mol. The van der Waals surface area contributed by atoms with Gasteiger partial charge in [-0.25, -0.2) is 13.6 Å². The van der Waals surface area contributed by atoms with E-state index in [1.54, 1.807) is 27.7 Å². The van der Waals surface area contributed by atoms with Crippen molar-refractivity contribution in [2.75, 3.05) is 6.54 Å². The zero-order chi connectivity index (χ0) is 25.9. The summed E-state index contributed by atoms with van der Waals surface area (Å²) in [5.74, 6) is -4.11. The van der Waals surface area contributed by atoms with Gasteiger partial charge in [-0.2, -0.15) is 13.2 Å². The van der Waals surface area contributed by atoms with Crippen molar-refractivity contribution in [1.29, 1.82) is 0 Å². The molecule has 1 N–H and O–H groups in total. The fourth-order valence-electron chi connectivity index (χ4n) is 4.11. The summed E-state index contributed by atoms with van der Waals surface area (Å²) in [6.07, 6.45) is -4.31. The summed E-state index contributed by atoms with van der Waals surface area (Å²) in [5.41, 5.74) is -3.20. The van der Waals surface area contributed by atoms with Crippen molar-refractivity contribution in [2.45, 2.75) is 45.4 Å². The molecule has 1 amide bonds. The van der Waals surface area contributed by atoms with E-state index in [-0.39, 0.29) is 40.0 Å². The van der Waals surface area contributed by atoms with Gasteiger partial charge in [-0.1, -0.05) is 19.0 Å². The molecule has 12 heteroatoms. The summed E-state index contributed by atoms with van der Waals surface area (Å²) in [5, 5.41) is 2.77. The molecule has 0 saturated carbocycles. The number of aromatic nitrogens is 2. The normalized spacial score (nSPS) is 15.7. The number of carbonyl (C=O) groups is 2. The van der Waals surface area contributed by atoms with E-state index in [0.29, 0.717) is 6.07 Å². The number of alkyl halides is 3. The van der Waals surface area contributed by atoms with Crippen molar-refractivity contribution in [2.24, 2.45) is 0 Å². The highest BCUT2D eigenvalue weighted by molar-refractivity contribution is 6.18. The SMILES string of the molecule is CC(C)OC(=O)C1=CN(C(=O)c2ccc(F)c(F)c2)CC(C)(C)c2c1[nH]c1onc(C(F)(F)F)c21. The molecule has 3 aromatic rings. The molecule has 186 valence electrons. The lowest BCUT2D eigenvalue weighted by molar-refractivity contribution is -0.141. The number of rotatable bonds is 3. The number of benzene rings is 1. The highest BCUT2D eigenvalue weighted by Gasteiger charge is 2.45. The van der Waals surface area contributed by atoms with Crippen LogP contribution in [0, 0.1) is 11.6 Å². The zero-order valence-corrected chi connectivity index (χ0v) is 19.0. The van der Waals surface area contributed by atoms with Crippen LogP contribution in [0.25, 0.3) is 16.7 Å². The van der Waals surface area contributed by atoms with Crippen LogP contribution in [0.3, 0.4) is 0 Å². The average Bonchev–Trinajstić information content (AvgIpc) is 3.27. The third-order valence-electron chi connectivity index (χ3n) is 5.49. The smallest absolute Gasteiger partial charge is 0.437 e. The van der Waals surface area contributed by atoms with E-state index in [9.17, 15) is 31.5 Å². The number of hydrogen-bond acceptors (Lipinski definition) is 5. The number of ether oxygens (including phenoxy) is 1. The molecule has 4 rings (SSSR count). The van der Waals surface area contributed by atoms with E-state index in [0.717, 1.165) is 23.2 Å². The molecule has 3 heterocycles. The molecule has 0 spiro atoms. The summed E-state index contributed by atoms with van der Waals surface area (Å²) in [6, 6.07) is 2.55. The molecule has 35 heavy (non-hydrogen) atoms. The van der Waals surface area contributed by atoms with Gasteiger partial charge >= 0.3 is 12.1 Å². The molecule has 7 nitrogen and oxygen atoms in total. The molecule has 1 aliphatic rings. The van der Waals surface area contributed by atoms with Crippen LogP contribution in [0.2, 0.25) is 0 Å².